The van der Waals surface area contributed by atoms with Crippen molar-refractivity contribution in [2.75, 3.05) is 26.0 Å². The number of hydrogen-bond acceptors (Lipinski definition) is 4. The highest BCUT2D eigenvalue weighted by Gasteiger charge is 2.26. The predicted molar refractivity (Wildman–Crippen MR) is 134 cm³/mol. The minimum absolute atomic E-state index is 0.00529. The molecule has 2 heterocycles. The van der Waals surface area contributed by atoms with E-state index in [2.05, 4.69) is 44.7 Å². The largest absolute Gasteiger partial charge is 0.383 e. The molecule has 3 aromatic carbocycles. The average molecular weight is 465 g/mol. The smallest absolute Gasteiger partial charge is 0.272 e. The van der Waals surface area contributed by atoms with Gasteiger partial charge in [-0.25, -0.2) is 13.9 Å². The van der Waals surface area contributed by atoms with Gasteiger partial charge in [0.2, 0.25) is 0 Å². The molecule has 2 N–H and O–H groups in total. The van der Waals surface area contributed by atoms with Crippen LogP contribution in [0.3, 0.4) is 0 Å². The number of hydrogen-bond donors (Lipinski definition) is 2. The second-order valence-electron chi connectivity index (χ2n) is 8.02. The maximum atomic E-state index is 13.8. The summed E-state index contributed by atoms with van der Waals surface area (Å²) in [4.78, 5) is 14.2. The molecule has 0 saturated carbocycles. The summed E-state index contributed by atoms with van der Waals surface area (Å²) in [6.07, 6.45) is 0. The van der Waals surface area contributed by atoms with E-state index >= 15 is 0 Å². The van der Waals surface area contributed by atoms with Crippen molar-refractivity contribution in [3.05, 3.63) is 106 Å². The van der Waals surface area contributed by atoms with Crippen LogP contribution in [0.1, 0.15) is 36.6 Å². The molecule has 178 valence electrons. The molecule has 5 nitrogen and oxygen atoms in total. The van der Waals surface area contributed by atoms with Crippen molar-refractivity contribution in [2.45, 2.75) is 26.3 Å². The number of nitrogens with one attached hydrogen (secondary N) is 2. The van der Waals surface area contributed by atoms with Gasteiger partial charge in [-0.2, -0.15) is 5.10 Å². The second kappa shape index (κ2) is 11.5. The highest BCUT2D eigenvalue weighted by molar-refractivity contribution is 5.97. The zero-order chi connectivity index (χ0) is 24.7. The molecule has 1 atom stereocenters. The molecular weight excluding hydrogens is 434 g/mol. The maximum absolute atomic E-state index is 13.8. The average Bonchev–Trinajstić information content (AvgIpc) is 2.83. The molecule has 1 aliphatic rings. The molecule has 0 aliphatic carbocycles. The van der Waals surface area contributed by atoms with Crippen LogP contribution >= 0.6 is 0 Å². The first-order valence-corrected chi connectivity index (χ1v) is 11.3. The van der Waals surface area contributed by atoms with E-state index in [0.29, 0.717) is 23.0 Å². The maximum Gasteiger partial charge on any atom is 0.272 e. The Balaban J connectivity index is 0.000000306. The lowest BCUT2D eigenvalue weighted by Crippen LogP contribution is -2.24. The third-order valence-electron chi connectivity index (χ3n) is 5.32. The minimum atomic E-state index is -0.427. The van der Waals surface area contributed by atoms with Crippen LogP contribution in [0.4, 0.5) is 14.5 Å². The molecular formula is C27H30F2N4O. The van der Waals surface area contributed by atoms with Gasteiger partial charge >= 0.3 is 0 Å². The summed E-state index contributed by atoms with van der Waals surface area (Å²) in [5.41, 5.74) is 3.39. The lowest BCUT2D eigenvalue weighted by atomic mass is 9.88. The van der Waals surface area contributed by atoms with Crippen molar-refractivity contribution in [2.24, 2.45) is 0 Å². The number of aromatic amines is 1. The normalized spacial score (nSPS) is 13.9. The van der Waals surface area contributed by atoms with Gasteiger partial charge < -0.3 is 10.2 Å². The number of halogens is 2. The van der Waals surface area contributed by atoms with Crippen molar-refractivity contribution in [3.8, 4) is 0 Å². The molecule has 0 bridgehead atoms. The summed E-state index contributed by atoms with van der Waals surface area (Å²) < 4.78 is 25.7. The molecule has 34 heavy (non-hydrogen) atoms. The van der Waals surface area contributed by atoms with Crippen LogP contribution in [0.5, 0.6) is 0 Å². The van der Waals surface area contributed by atoms with Gasteiger partial charge in [0.05, 0.1) is 11.1 Å². The topological polar surface area (TPSA) is 61.0 Å². The Hall–Kier alpha value is -3.58. The van der Waals surface area contributed by atoms with E-state index < -0.39 is 5.82 Å². The molecule has 0 radical (unpaired) electrons. The van der Waals surface area contributed by atoms with Crippen molar-refractivity contribution >= 4 is 16.5 Å². The lowest BCUT2D eigenvalue weighted by molar-refractivity contribution is 0.402. The third kappa shape index (κ3) is 5.85. The Morgan fingerprint density at radius 3 is 2.24 bits per heavy atom. The third-order valence-corrected chi connectivity index (χ3v) is 5.32. The Bertz CT molecular complexity index is 1270. The van der Waals surface area contributed by atoms with Crippen LogP contribution in [-0.2, 0) is 6.54 Å². The number of H-pyrrole nitrogens is 1. The monoisotopic (exact) mass is 464 g/mol. The van der Waals surface area contributed by atoms with E-state index in [1.54, 1.807) is 18.2 Å². The number of benzene rings is 3. The Morgan fingerprint density at radius 2 is 1.65 bits per heavy atom. The van der Waals surface area contributed by atoms with Crippen LogP contribution in [0.15, 0.2) is 71.5 Å². The molecule has 0 saturated heterocycles. The van der Waals surface area contributed by atoms with Gasteiger partial charge in [0.1, 0.15) is 11.6 Å². The molecule has 0 spiro atoms. The number of rotatable bonds is 3. The van der Waals surface area contributed by atoms with Gasteiger partial charge in [-0.15, -0.1) is 0 Å². The standard InChI is InChI=1S/C19H19FN4O.C6H5F.C2H6/c1-24(2)10-11-3-5-12(6-4-11)15-9-21-16-8-13(20)7-14-17(16)18(15)22-23-19(14)25;7-6-4-2-1-3-5-6;1-2/h3-8,15,21H,9-10H2,1-2H3,(H,23,25);1-5H;1-2H3. The molecule has 0 fully saturated rings. The quantitative estimate of drug-likeness (QED) is 0.418. The van der Waals surface area contributed by atoms with Crippen LogP contribution in [0.2, 0.25) is 0 Å². The van der Waals surface area contributed by atoms with Crippen molar-refractivity contribution in [3.63, 3.8) is 0 Å². The zero-order valence-corrected chi connectivity index (χ0v) is 19.9. The first kappa shape index (κ1) is 25.1. The van der Waals surface area contributed by atoms with Crippen molar-refractivity contribution in [1.29, 1.82) is 0 Å². The van der Waals surface area contributed by atoms with E-state index in [-0.39, 0.29) is 17.3 Å². The van der Waals surface area contributed by atoms with E-state index in [1.807, 2.05) is 27.9 Å². The summed E-state index contributed by atoms with van der Waals surface area (Å²) in [6, 6.07) is 19.0. The molecule has 1 aliphatic heterocycles. The van der Waals surface area contributed by atoms with Gasteiger partial charge in [-0.3, -0.25) is 4.79 Å². The molecule has 1 unspecified atom stereocenters. The SMILES string of the molecule is CC.CN(C)Cc1ccc(C2CNc3cc(F)cc4c(=O)[nH]nc2c34)cc1.Fc1ccccc1. The molecule has 1 aromatic heterocycles. The molecule has 4 aromatic rings. The summed E-state index contributed by atoms with van der Waals surface area (Å²) in [5.74, 6) is -0.600. The molecule has 0 amide bonds. The Morgan fingerprint density at radius 1 is 0.971 bits per heavy atom. The summed E-state index contributed by atoms with van der Waals surface area (Å²) in [5, 5.41) is 11.1. The van der Waals surface area contributed by atoms with Crippen LogP contribution in [0, 0.1) is 11.6 Å². The van der Waals surface area contributed by atoms with Gasteiger partial charge in [0.15, 0.2) is 0 Å². The Kier molecular flexibility index (Phi) is 8.49. The number of aromatic nitrogens is 2. The van der Waals surface area contributed by atoms with E-state index in [4.69, 9.17) is 0 Å². The summed E-state index contributed by atoms with van der Waals surface area (Å²) >= 11 is 0. The van der Waals surface area contributed by atoms with Gasteiger partial charge in [-0.1, -0.05) is 56.3 Å². The Labute approximate surface area is 198 Å². The molecule has 5 rings (SSSR count). The second-order valence-corrected chi connectivity index (χ2v) is 8.02. The van der Waals surface area contributed by atoms with E-state index in [9.17, 15) is 13.6 Å². The van der Waals surface area contributed by atoms with E-state index in [1.165, 1.54) is 29.8 Å². The van der Waals surface area contributed by atoms with Crippen LogP contribution < -0.4 is 10.9 Å². The number of nitrogens with zero attached hydrogens (tertiary/aromatic N) is 2. The van der Waals surface area contributed by atoms with Crippen LogP contribution in [0.25, 0.3) is 10.8 Å². The lowest BCUT2D eigenvalue weighted by Gasteiger charge is -2.26. The number of anilines is 1. The van der Waals surface area contributed by atoms with Crippen molar-refractivity contribution < 1.29 is 8.78 Å². The van der Waals surface area contributed by atoms with Gasteiger partial charge in [0.25, 0.3) is 5.56 Å². The van der Waals surface area contributed by atoms with E-state index in [0.717, 1.165) is 17.8 Å². The van der Waals surface area contributed by atoms with Gasteiger partial charge in [-0.05, 0) is 49.5 Å². The fourth-order valence-electron chi connectivity index (χ4n) is 3.90. The fourth-order valence-corrected chi connectivity index (χ4v) is 3.90. The highest BCUT2D eigenvalue weighted by atomic mass is 19.1. The predicted octanol–water partition coefficient (Wildman–Crippen LogP) is 5.53. The fraction of sp³-hybridized carbons (Fsp3) is 0.259. The van der Waals surface area contributed by atoms with Gasteiger partial charge in [0, 0.05) is 30.1 Å². The summed E-state index contributed by atoms with van der Waals surface area (Å²) in [7, 11) is 4.08. The van der Waals surface area contributed by atoms with Crippen LogP contribution in [-0.4, -0.2) is 35.7 Å². The summed E-state index contributed by atoms with van der Waals surface area (Å²) in [6.45, 7) is 5.49. The molecule has 7 heteroatoms. The minimum Gasteiger partial charge on any atom is -0.383 e. The zero-order valence-electron chi connectivity index (χ0n) is 19.9. The van der Waals surface area contributed by atoms with Crippen molar-refractivity contribution in [1.82, 2.24) is 15.1 Å². The first-order valence-electron chi connectivity index (χ1n) is 11.3. The first-order chi connectivity index (χ1) is 16.4. The highest BCUT2D eigenvalue weighted by Crippen LogP contribution is 2.36.